The summed E-state index contributed by atoms with van der Waals surface area (Å²) in [5.41, 5.74) is 4.38. The molecule has 1 atom stereocenters. The van der Waals surface area contributed by atoms with Gasteiger partial charge in [-0.2, -0.15) is 0 Å². The quantitative estimate of drug-likeness (QED) is 0.428. The summed E-state index contributed by atoms with van der Waals surface area (Å²) in [5, 5.41) is 17.7. The number of hydrogen-bond acceptors (Lipinski definition) is 6. The number of ether oxygens (including phenoxy) is 1. The summed E-state index contributed by atoms with van der Waals surface area (Å²) in [5.74, 6) is 3.43. The molecular formula is C26H23N3O6. The van der Waals surface area contributed by atoms with E-state index in [2.05, 4.69) is 39.8 Å². The topological polar surface area (TPSA) is 131 Å². The minimum atomic E-state index is -1.21. The van der Waals surface area contributed by atoms with Gasteiger partial charge in [0.25, 0.3) is 5.91 Å². The third-order valence-electron chi connectivity index (χ3n) is 5.63. The summed E-state index contributed by atoms with van der Waals surface area (Å²) >= 11 is 0. The van der Waals surface area contributed by atoms with Gasteiger partial charge in [0.15, 0.2) is 11.5 Å². The van der Waals surface area contributed by atoms with Crippen LogP contribution in [0.1, 0.15) is 46.6 Å². The zero-order chi connectivity index (χ0) is 24.8. The molecule has 0 saturated carbocycles. The molecule has 0 aliphatic heterocycles. The van der Waals surface area contributed by atoms with Gasteiger partial charge in [0.05, 0.1) is 6.54 Å². The van der Waals surface area contributed by atoms with E-state index in [9.17, 15) is 19.5 Å². The maximum atomic E-state index is 12.3. The van der Waals surface area contributed by atoms with Gasteiger partial charge in [0, 0.05) is 18.4 Å². The molecule has 1 heterocycles. The van der Waals surface area contributed by atoms with Gasteiger partial charge in [0.1, 0.15) is 12.6 Å². The number of nitrogens with one attached hydrogen (secondary N) is 2. The lowest BCUT2D eigenvalue weighted by molar-refractivity contribution is -0.139. The summed E-state index contributed by atoms with van der Waals surface area (Å²) in [4.78, 5) is 35.8. The van der Waals surface area contributed by atoms with Crippen molar-refractivity contribution in [3.05, 3.63) is 77.2 Å². The van der Waals surface area contributed by atoms with E-state index in [-0.39, 0.29) is 36.9 Å². The highest BCUT2D eigenvalue weighted by atomic mass is 16.5. The Hall–Kier alpha value is -4.58. The van der Waals surface area contributed by atoms with Crippen LogP contribution in [0.4, 0.5) is 4.79 Å². The molecule has 1 aromatic heterocycles. The SMILES string of the molecule is CC#CCC(NC(=O)c1cc(CNC(=O)OCC2c3ccccc3-c3ccccc32)on1)C(=O)O. The van der Waals surface area contributed by atoms with E-state index >= 15 is 0 Å². The lowest BCUT2D eigenvalue weighted by Crippen LogP contribution is -2.40. The first-order chi connectivity index (χ1) is 17.0. The predicted octanol–water partition coefficient (Wildman–Crippen LogP) is 3.31. The molecule has 0 fully saturated rings. The number of carboxylic acid groups (broad SMARTS) is 1. The minimum absolute atomic E-state index is 0.0361. The van der Waals surface area contributed by atoms with E-state index in [1.54, 1.807) is 6.92 Å². The molecule has 1 unspecified atom stereocenters. The lowest BCUT2D eigenvalue weighted by Gasteiger charge is -2.14. The Morgan fingerprint density at radius 3 is 2.40 bits per heavy atom. The number of aromatic nitrogens is 1. The Morgan fingerprint density at radius 2 is 1.77 bits per heavy atom. The molecule has 9 nitrogen and oxygen atoms in total. The summed E-state index contributed by atoms with van der Waals surface area (Å²) in [6.07, 6.45) is -0.677. The number of alkyl carbamates (subject to hydrolysis) is 1. The van der Waals surface area contributed by atoms with Gasteiger partial charge in [-0.3, -0.25) is 4.79 Å². The zero-order valence-corrected chi connectivity index (χ0v) is 18.9. The average Bonchev–Trinajstić information content (AvgIpc) is 3.47. The van der Waals surface area contributed by atoms with Crippen LogP contribution in [0.15, 0.2) is 59.1 Å². The monoisotopic (exact) mass is 473 g/mol. The third-order valence-corrected chi connectivity index (χ3v) is 5.63. The molecule has 2 aromatic carbocycles. The maximum absolute atomic E-state index is 12.3. The number of carbonyl (C=O) groups is 3. The van der Waals surface area contributed by atoms with E-state index in [1.165, 1.54) is 6.07 Å². The molecule has 0 spiro atoms. The fourth-order valence-corrected chi connectivity index (χ4v) is 3.95. The number of carbonyl (C=O) groups excluding carboxylic acids is 2. The van der Waals surface area contributed by atoms with Crippen LogP contribution in [-0.2, 0) is 16.1 Å². The third kappa shape index (κ3) is 5.33. The maximum Gasteiger partial charge on any atom is 0.407 e. The second-order valence-corrected chi connectivity index (χ2v) is 7.85. The van der Waals surface area contributed by atoms with Crippen LogP contribution in [-0.4, -0.2) is 40.9 Å². The number of amides is 2. The van der Waals surface area contributed by atoms with Crippen molar-refractivity contribution in [3.63, 3.8) is 0 Å². The number of aliphatic carboxylic acids is 1. The molecule has 35 heavy (non-hydrogen) atoms. The number of fused-ring (bicyclic) bond motifs is 3. The normalized spacial score (nSPS) is 12.5. The van der Waals surface area contributed by atoms with Gasteiger partial charge in [-0.1, -0.05) is 53.7 Å². The largest absolute Gasteiger partial charge is 0.480 e. The zero-order valence-electron chi connectivity index (χ0n) is 18.9. The molecule has 178 valence electrons. The fourth-order valence-electron chi connectivity index (χ4n) is 3.95. The summed E-state index contributed by atoms with van der Waals surface area (Å²) in [7, 11) is 0. The molecule has 9 heteroatoms. The second kappa shape index (κ2) is 10.6. The molecule has 1 aliphatic carbocycles. The number of carboxylic acids is 1. The number of hydrogen-bond donors (Lipinski definition) is 3. The summed E-state index contributed by atoms with van der Waals surface area (Å²) in [6, 6.07) is 16.2. The van der Waals surface area contributed by atoms with Crippen LogP contribution in [0.3, 0.4) is 0 Å². The first kappa shape index (κ1) is 23.6. The molecule has 1 aliphatic rings. The van der Waals surface area contributed by atoms with Crippen molar-refractivity contribution in [3.8, 4) is 23.0 Å². The van der Waals surface area contributed by atoms with Crippen molar-refractivity contribution >= 4 is 18.0 Å². The van der Waals surface area contributed by atoms with Crippen molar-refractivity contribution in [2.75, 3.05) is 6.61 Å². The van der Waals surface area contributed by atoms with Gasteiger partial charge in [-0.05, 0) is 29.2 Å². The van der Waals surface area contributed by atoms with E-state index in [0.717, 1.165) is 22.3 Å². The Bertz CT molecular complexity index is 1270. The molecule has 0 bridgehead atoms. The lowest BCUT2D eigenvalue weighted by atomic mass is 9.98. The van der Waals surface area contributed by atoms with E-state index in [1.807, 2.05) is 36.4 Å². The van der Waals surface area contributed by atoms with Crippen molar-refractivity contribution in [1.82, 2.24) is 15.8 Å². The Labute approximate surface area is 201 Å². The molecule has 3 N–H and O–H groups in total. The molecule has 3 aromatic rings. The minimum Gasteiger partial charge on any atom is -0.480 e. The molecule has 4 rings (SSSR count). The van der Waals surface area contributed by atoms with Crippen LogP contribution in [0.2, 0.25) is 0 Å². The molecule has 0 radical (unpaired) electrons. The van der Waals surface area contributed by atoms with Crippen LogP contribution in [0.5, 0.6) is 0 Å². The smallest absolute Gasteiger partial charge is 0.407 e. The van der Waals surface area contributed by atoms with Crippen molar-refractivity contribution < 1.29 is 28.8 Å². The van der Waals surface area contributed by atoms with Gasteiger partial charge in [-0.25, -0.2) is 9.59 Å². The van der Waals surface area contributed by atoms with Crippen LogP contribution < -0.4 is 10.6 Å². The number of benzene rings is 2. The van der Waals surface area contributed by atoms with Crippen molar-refractivity contribution in [2.45, 2.75) is 31.8 Å². The van der Waals surface area contributed by atoms with Crippen molar-refractivity contribution in [2.24, 2.45) is 0 Å². The van der Waals surface area contributed by atoms with E-state index in [0.29, 0.717) is 0 Å². The highest BCUT2D eigenvalue weighted by Crippen LogP contribution is 2.44. The van der Waals surface area contributed by atoms with Crippen LogP contribution >= 0.6 is 0 Å². The average molecular weight is 473 g/mol. The van der Waals surface area contributed by atoms with Gasteiger partial charge >= 0.3 is 12.1 Å². The summed E-state index contributed by atoms with van der Waals surface area (Å²) < 4.78 is 10.5. The van der Waals surface area contributed by atoms with Crippen LogP contribution in [0, 0.1) is 11.8 Å². The number of rotatable bonds is 8. The highest BCUT2D eigenvalue weighted by Gasteiger charge is 2.29. The first-order valence-electron chi connectivity index (χ1n) is 11.0. The van der Waals surface area contributed by atoms with E-state index in [4.69, 9.17) is 9.26 Å². The Balaban J connectivity index is 1.30. The van der Waals surface area contributed by atoms with Crippen molar-refractivity contribution in [1.29, 1.82) is 0 Å². The van der Waals surface area contributed by atoms with Crippen LogP contribution in [0.25, 0.3) is 11.1 Å². The second-order valence-electron chi connectivity index (χ2n) is 7.85. The predicted molar refractivity (Wildman–Crippen MR) is 125 cm³/mol. The molecule has 0 saturated heterocycles. The molecular weight excluding hydrogens is 450 g/mol. The van der Waals surface area contributed by atoms with Gasteiger partial charge < -0.3 is 25.0 Å². The van der Waals surface area contributed by atoms with Gasteiger partial charge in [0.2, 0.25) is 0 Å². The Kier molecular flexibility index (Phi) is 7.12. The van der Waals surface area contributed by atoms with E-state index < -0.39 is 24.0 Å². The number of nitrogens with zero attached hydrogens (tertiary/aromatic N) is 1. The Morgan fingerprint density at radius 1 is 1.11 bits per heavy atom. The highest BCUT2D eigenvalue weighted by molar-refractivity contribution is 5.95. The van der Waals surface area contributed by atoms with Gasteiger partial charge in [-0.15, -0.1) is 11.8 Å². The summed E-state index contributed by atoms with van der Waals surface area (Å²) in [6.45, 7) is 1.69. The fraction of sp³-hybridized carbons (Fsp3) is 0.231. The first-order valence-corrected chi connectivity index (χ1v) is 11.0. The molecule has 2 amide bonds. The standard InChI is InChI=1S/C26H23N3O6/c1-2-3-12-22(25(31)32)28-24(30)23-13-16(35-29-23)14-27-26(33)34-15-21-19-10-6-4-8-17(19)18-9-5-7-11-20(18)21/h4-11,13,21-22H,12,14-15H2,1H3,(H,27,33)(H,28,30)(H,31,32).